The topological polar surface area (TPSA) is 30.7 Å². The van der Waals surface area contributed by atoms with Gasteiger partial charge in [-0.3, -0.25) is 0 Å². The molecule has 3 aromatic heterocycles. The van der Waals surface area contributed by atoms with Crippen molar-refractivity contribution in [3.8, 4) is 39.6 Å². The zero-order valence-electron chi connectivity index (χ0n) is 28.2. The third kappa shape index (κ3) is 4.11. The highest BCUT2D eigenvalue weighted by Crippen LogP contribution is 2.51. The molecule has 0 unspecified atom stereocenters. The summed E-state index contributed by atoms with van der Waals surface area (Å²) in [6, 6.07) is 55.1. The van der Waals surface area contributed by atoms with Crippen molar-refractivity contribution >= 4 is 64.1 Å². The second kappa shape index (κ2) is 10.5. The Hall–Kier alpha value is -6.10. The maximum absolute atomic E-state index is 5.45. The molecule has 4 heteroatoms. The number of hydrogen-bond acceptors (Lipinski definition) is 3. The number of para-hydroxylation sites is 1. The van der Waals surface area contributed by atoms with Crippen LogP contribution in [0.15, 0.2) is 152 Å². The largest absolute Gasteiger partial charge is 0.309 e. The highest BCUT2D eigenvalue weighted by molar-refractivity contribution is 7.25. The third-order valence-corrected chi connectivity index (χ3v) is 12.1. The summed E-state index contributed by atoms with van der Waals surface area (Å²) in [5.74, 6) is 0.756. The minimum absolute atomic E-state index is 0.250. The second-order valence-corrected chi connectivity index (χ2v) is 15.3. The van der Waals surface area contributed by atoms with Gasteiger partial charge in [0.25, 0.3) is 0 Å². The van der Waals surface area contributed by atoms with E-state index in [0.717, 1.165) is 34.0 Å². The summed E-state index contributed by atoms with van der Waals surface area (Å²) in [4.78, 5) is 10.8. The predicted molar refractivity (Wildman–Crippen MR) is 215 cm³/mol. The zero-order chi connectivity index (χ0) is 33.8. The normalized spacial score (nSPS) is 13.5. The lowest BCUT2D eigenvalue weighted by molar-refractivity contribution is 0.658. The van der Waals surface area contributed by atoms with Gasteiger partial charge in [-0.1, -0.05) is 111 Å². The molecule has 240 valence electrons. The third-order valence-electron chi connectivity index (χ3n) is 11.0. The molecule has 0 fully saturated rings. The first-order chi connectivity index (χ1) is 25.0. The van der Waals surface area contributed by atoms with Crippen LogP contribution >= 0.6 is 11.3 Å². The first kappa shape index (κ1) is 28.7. The number of aromatic nitrogens is 3. The fourth-order valence-corrected chi connectivity index (χ4v) is 9.61. The zero-order valence-corrected chi connectivity index (χ0v) is 29.0. The van der Waals surface area contributed by atoms with Crippen molar-refractivity contribution in [2.75, 3.05) is 0 Å². The number of nitrogens with zero attached hydrogens (tertiary/aromatic N) is 3. The standard InChI is InChI=1S/C47H31N3S/c1-47(2)38-16-8-5-15-35(38)45-43(47)44(48-46(49-45)31-21-24-42-37(26-31)34-14-7-10-18-41(34)51-42)28-19-22-32(23-20-28)50-39-17-9-6-13-33(39)36-25-29-11-3-4-12-30(29)27-40(36)50/h3-27H,1-2H3. The number of hydrogen-bond donors (Lipinski definition) is 0. The minimum atomic E-state index is -0.250. The summed E-state index contributed by atoms with van der Waals surface area (Å²) in [7, 11) is 0. The van der Waals surface area contributed by atoms with E-state index in [-0.39, 0.29) is 5.41 Å². The lowest BCUT2D eigenvalue weighted by atomic mass is 9.81. The van der Waals surface area contributed by atoms with E-state index < -0.39 is 0 Å². The van der Waals surface area contributed by atoms with Crippen molar-refractivity contribution in [3.05, 3.63) is 163 Å². The van der Waals surface area contributed by atoms with Crippen LogP contribution < -0.4 is 0 Å². The van der Waals surface area contributed by atoms with E-state index >= 15 is 0 Å². The SMILES string of the molecule is CC1(C)c2ccccc2-c2nc(-c3ccc4sc5ccccc5c4c3)nc(-c3ccc(-n4c5ccccc5c5cc6ccccc6cc54)cc3)c21. The van der Waals surface area contributed by atoms with Crippen LogP contribution in [0.25, 0.3) is 92.3 Å². The first-order valence-corrected chi connectivity index (χ1v) is 18.3. The van der Waals surface area contributed by atoms with Gasteiger partial charge in [-0.15, -0.1) is 11.3 Å². The molecule has 0 amide bonds. The van der Waals surface area contributed by atoms with Crippen molar-refractivity contribution in [1.82, 2.24) is 14.5 Å². The monoisotopic (exact) mass is 669 g/mol. The highest BCUT2D eigenvalue weighted by Gasteiger charge is 2.40. The van der Waals surface area contributed by atoms with Gasteiger partial charge < -0.3 is 4.57 Å². The number of fused-ring (bicyclic) bond motifs is 10. The molecule has 10 aromatic rings. The average molecular weight is 670 g/mol. The van der Waals surface area contributed by atoms with Crippen LogP contribution in [0.5, 0.6) is 0 Å². The van der Waals surface area contributed by atoms with Gasteiger partial charge in [0.2, 0.25) is 0 Å². The Bertz CT molecular complexity index is 3050. The Morgan fingerprint density at radius 1 is 0.510 bits per heavy atom. The number of thiophene rings is 1. The Morgan fingerprint density at radius 2 is 1.18 bits per heavy atom. The van der Waals surface area contributed by atoms with E-state index in [4.69, 9.17) is 9.97 Å². The van der Waals surface area contributed by atoms with Gasteiger partial charge in [-0.2, -0.15) is 0 Å². The van der Waals surface area contributed by atoms with Gasteiger partial charge >= 0.3 is 0 Å². The molecule has 1 aliphatic carbocycles. The van der Waals surface area contributed by atoms with Crippen molar-refractivity contribution in [1.29, 1.82) is 0 Å². The molecule has 11 rings (SSSR count). The Morgan fingerprint density at radius 3 is 2.04 bits per heavy atom. The second-order valence-electron chi connectivity index (χ2n) is 14.2. The van der Waals surface area contributed by atoms with Crippen molar-refractivity contribution in [2.45, 2.75) is 19.3 Å². The molecular weight excluding hydrogens is 639 g/mol. The van der Waals surface area contributed by atoms with E-state index in [9.17, 15) is 0 Å². The molecule has 3 heterocycles. The van der Waals surface area contributed by atoms with Crippen LogP contribution in [-0.2, 0) is 5.41 Å². The number of benzene rings is 7. The highest BCUT2D eigenvalue weighted by atomic mass is 32.1. The van der Waals surface area contributed by atoms with Gasteiger partial charge in [0.15, 0.2) is 5.82 Å². The smallest absolute Gasteiger partial charge is 0.160 e. The van der Waals surface area contributed by atoms with Crippen LogP contribution in [0.2, 0.25) is 0 Å². The lowest BCUT2D eigenvalue weighted by Crippen LogP contribution is -2.17. The van der Waals surface area contributed by atoms with E-state index in [1.165, 1.54) is 69.4 Å². The molecule has 7 aromatic carbocycles. The quantitative estimate of drug-likeness (QED) is 0.187. The van der Waals surface area contributed by atoms with E-state index in [1.807, 2.05) is 11.3 Å². The van der Waals surface area contributed by atoms with Gasteiger partial charge in [0, 0.05) is 64.3 Å². The summed E-state index contributed by atoms with van der Waals surface area (Å²) in [5, 5.41) is 7.55. The van der Waals surface area contributed by atoms with Crippen molar-refractivity contribution in [2.24, 2.45) is 0 Å². The van der Waals surface area contributed by atoms with Crippen LogP contribution in [0.1, 0.15) is 25.0 Å². The molecule has 1 aliphatic rings. The lowest BCUT2D eigenvalue weighted by Gasteiger charge is -2.24. The van der Waals surface area contributed by atoms with Gasteiger partial charge in [0.05, 0.1) is 22.4 Å². The minimum Gasteiger partial charge on any atom is -0.309 e. The molecule has 0 saturated heterocycles. The Balaban J connectivity index is 1.12. The average Bonchev–Trinajstić information content (AvgIpc) is 3.78. The van der Waals surface area contributed by atoms with Crippen LogP contribution in [0.4, 0.5) is 0 Å². The molecular formula is C47H31N3S. The molecule has 3 nitrogen and oxygen atoms in total. The Kier molecular flexibility index (Phi) is 5.89. The molecule has 0 bridgehead atoms. The van der Waals surface area contributed by atoms with Crippen molar-refractivity contribution in [3.63, 3.8) is 0 Å². The van der Waals surface area contributed by atoms with Crippen LogP contribution in [0.3, 0.4) is 0 Å². The molecule has 0 saturated carbocycles. The summed E-state index contributed by atoms with van der Waals surface area (Å²) in [5.41, 5.74) is 11.1. The van der Waals surface area contributed by atoms with Gasteiger partial charge in [-0.25, -0.2) is 9.97 Å². The Labute approximate surface area is 299 Å². The fraction of sp³-hybridized carbons (Fsp3) is 0.0638. The summed E-state index contributed by atoms with van der Waals surface area (Å²) >= 11 is 1.83. The molecule has 0 atom stereocenters. The van der Waals surface area contributed by atoms with Gasteiger partial charge in [0.1, 0.15) is 0 Å². The van der Waals surface area contributed by atoms with E-state index in [1.54, 1.807) is 0 Å². The maximum Gasteiger partial charge on any atom is 0.160 e. The van der Waals surface area contributed by atoms with Crippen LogP contribution in [0, 0.1) is 0 Å². The predicted octanol–water partition coefficient (Wildman–Crippen LogP) is 12.7. The molecule has 51 heavy (non-hydrogen) atoms. The summed E-state index contributed by atoms with van der Waals surface area (Å²) in [6.45, 7) is 4.62. The first-order valence-electron chi connectivity index (χ1n) is 17.5. The molecule has 0 aliphatic heterocycles. The summed E-state index contributed by atoms with van der Waals surface area (Å²) in [6.07, 6.45) is 0. The van der Waals surface area contributed by atoms with Crippen LogP contribution in [-0.4, -0.2) is 14.5 Å². The van der Waals surface area contributed by atoms with Gasteiger partial charge in [-0.05, 0) is 70.9 Å². The fourth-order valence-electron chi connectivity index (χ4n) is 8.52. The molecule has 0 spiro atoms. The number of rotatable bonds is 3. The summed E-state index contributed by atoms with van der Waals surface area (Å²) < 4.78 is 4.98. The van der Waals surface area contributed by atoms with E-state index in [2.05, 4.69) is 170 Å². The van der Waals surface area contributed by atoms with E-state index in [0.29, 0.717) is 0 Å². The molecule has 0 radical (unpaired) electrons. The molecule has 0 N–H and O–H groups in total. The maximum atomic E-state index is 5.45. The van der Waals surface area contributed by atoms with Crippen molar-refractivity contribution < 1.29 is 0 Å².